The Morgan fingerprint density at radius 2 is 1.02 bits per heavy atom. The zero-order chi connectivity index (χ0) is 33.7. The molecule has 5 heteroatoms. The Bertz CT molecular complexity index is 2910. The van der Waals surface area contributed by atoms with Gasteiger partial charge in [-0.1, -0.05) is 121 Å². The Morgan fingerprint density at radius 3 is 1.88 bits per heavy atom. The standard InChI is InChI=1S/C46H28N4S/c1-2-8-33(9-3-1)46-49-40(30-17-15-29(16-18-30)34-22-24-43-38(27-34)37-13-4-5-14-42(37)51-43)28-41(50-46)36-11-6-10-35(26-36)39-23-21-32-20-19-31-12-7-25-47-44(31)45(32)48-39/h1-28H. The van der Waals surface area contributed by atoms with E-state index >= 15 is 0 Å². The first kappa shape index (κ1) is 29.4. The van der Waals surface area contributed by atoms with Crippen molar-refractivity contribution >= 4 is 53.3 Å². The van der Waals surface area contributed by atoms with Crippen LogP contribution in [0, 0.1) is 0 Å². The van der Waals surface area contributed by atoms with Gasteiger partial charge in [0, 0.05) is 59.4 Å². The number of hydrogen-bond acceptors (Lipinski definition) is 5. The van der Waals surface area contributed by atoms with Gasteiger partial charge in [-0.2, -0.15) is 0 Å². The van der Waals surface area contributed by atoms with Crippen molar-refractivity contribution in [1.29, 1.82) is 0 Å². The average molecular weight is 669 g/mol. The maximum Gasteiger partial charge on any atom is 0.160 e. The molecule has 0 amide bonds. The van der Waals surface area contributed by atoms with Gasteiger partial charge in [-0.3, -0.25) is 4.98 Å². The molecule has 10 rings (SSSR count). The molecule has 0 spiro atoms. The Hall–Kier alpha value is -6.56. The van der Waals surface area contributed by atoms with E-state index in [2.05, 4.69) is 145 Å². The van der Waals surface area contributed by atoms with Crippen molar-refractivity contribution in [3.8, 4) is 56.3 Å². The van der Waals surface area contributed by atoms with E-state index in [4.69, 9.17) is 15.0 Å². The molecule has 51 heavy (non-hydrogen) atoms. The highest BCUT2D eigenvalue weighted by molar-refractivity contribution is 7.25. The Labute approximate surface area is 298 Å². The lowest BCUT2D eigenvalue weighted by atomic mass is 9.99. The molecule has 0 radical (unpaired) electrons. The predicted molar refractivity (Wildman–Crippen MR) is 213 cm³/mol. The zero-order valence-electron chi connectivity index (χ0n) is 27.4. The van der Waals surface area contributed by atoms with Crippen molar-refractivity contribution in [1.82, 2.24) is 19.9 Å². The van der Waals surface area contributed by atoms with Crippen LogP contribution in [0.4, 0.5) is 0 Å². The second kappa shape index (κ2) is 12.1. The molecule has 4 nitrogen and oxygen atoms in total. The lowest BCUT2D eigenvalue weighted by molar-refractivity contribution is 1.18. The van der Waals surface area contributed by atoms with Crippen LogP contribution >= 0.6 is 11.3 Å². The molecule has 4 heterocycles. The summed E-state index contributed by atoms with van der Waals surface area (Å²) in [6.45, 7) is 0. The largest absolute Gasteiger partial charge is 0.254 e. The van der Waals surface area contributed by atoms with Crippen molar-refractivity contribution < 1.29 is 0 Å². The molecular weight excluding hydrogens is 641 g/mol. The third-order valence-electron chi connectivity index (χ3n) is 9.54. The number of pyridine rings is 2. The van der Waals surface area contributed by atoms with E-state index in [1.165, 1.54) is 31.3 Å². The first-order valence-electron chi connectivity index (χ1n) is 17.0. The first-order chi connectivity index (χ1) is 25.2. The summed E-state index contributed by atoms with van der Waals surface area (Å²) in [6, 6.07) is 57.3. The van der Waals surface area contributed by atoms with Crippen LogP contribution in [0.5, 0.6) is 0 Å². The minimum absolute atomic E-state index is 0.689. The van der Waals surface area contributed by atoms with Crippen LogP contribution < -0.4 is 0 Å². The SMILES string of the molecule is c1ccc(-c2nc(-c3ccc(-c4ccc5sc6ccccc6c5c4)cc3)cc(-c3cccc(-c4ccc5ccc6cccnc6c5n4)c3)n2)cc1. The van der Waals surface area contributed by atoms with Crippen LogP contribution in [0.1, 0.15) is 0 Å². The molecule has 0 bridgehead atoms. The van der Waals surface area contributed by atoms with Gasteiger partial charge < -0.3 is 0 Å². The monoisotopic (exact) mass is 668 g/mol. The predicted octanol–water partition coefficient (Wildman–Crippen LogP) is 12.3. The van der Waals surface area contributed by atoms with E-state index in [0.717, 1.165) is 61.1 Å². The summed E-state index contributed by atoms with van der Waals surface area (Å²) in [5.41, 5.74) is 10.8. The molecule has 0 saturated heterocycles. The summed E-state index contributed by atoms with van der Waals surface area (Å²) >= 11 is 1.84. The highest BCUT2D eigenvalue weighted by atomic mass is 32.1. The second-order valence-electron chi connectivity index (χ2n) is 12.7. The molecule has 10 aromatic rings. The molecule has 4 aromatic heterocycles. The third kappa shape index (κ3) is 5.32. The maximum absolute atomic E-state index is 5.11. The number of rotatable bonds is 5. The number of aromatic nitrogens is 4. The van der Waals surface area contributed by atoms with Crippen molar-refractivity contribution in [3.63, 3.8) is 0 Å². The molecule has 238 valence electrons. The van der Waals surface area contributed by atoms with Crippen LogP contribution in [-0.4, -0.2) is 19.9 Å². The molecule has 0 N–H and O–H groups in total. The van der Waals surface area contributed by atoms with Crippen LogP contribution in [-0.2, 0) is 0 Å². The number of hydrogen-bond donors (Lipinski definition) is 0. The molecule has 0 fully saturated rings. The van der Waals surface area contributed by atoms with Crippen molar-refractivity contribution in [3.05, 3.63) is 170 Å². The highest BCUT2D eigenvalue weighted by Crippen LogP contribution is 2.37. The fourth-order valence-electron chi connectivity index (χ4n) is 6.92. The summed E-state index contributed by atoms with van der Waals surface area (Å²) in [6.07, 6.45) is 1.83. The van der Waals surface area contributed by atoms with E-state index < -0.39 is 0 Å². The lowest BCUT2D eigenvalue weighted by Gasteiger charge is -2.11. The topological polar surface area (TPSA) is 51.6 Å². The summed E-state index contributed by atoms with van der Waals surface area (Å²) in [7, 11) is 0. The van der Waals surface area contributed by atoms with Gasteiger partial charge in [-0.15, -0.1) is 11.3 Å². The minimum Gasteiger partial charge on any atom is -0.254 e. The van der Waals surface area contributed by atoms with Gasteiger partial charge in [0.15, 0.2) is 5.82 Å². The van der Waals surface area contributed by atoms with Gasteiger partial charge in [0.05, 0.1) is 28.1 Å². The molecular formula is C46H28N4S. The second-order valence-corrected chi connectivity index (χ2v) is 13.8. The molecule has 0 saturated carbocycles. The van der Waals surface area contributed by atoms with E-state index in [-0.39, 0.29) is 0 Å². The maximum atomic E-state index is 5.11. The van der Waals surface area contributed by atoms with Crippen LogP contribution in [0.2, 0.25) is 0 Å². The fraction of sp³-hybridized carbons (Fsp3) is 0. The number of thiophene rings is 1. The third-order valence-corrected chi connectivity index (χ3v) is 10.7. The molecule has 0 unspecified atom stereocenters. The molecule has 0 atom stereocenters. The Balaban J connectivity index is 1.05. The number of benzene rings is 6. The zero-order valence-corrected chi connectivity index (χ0v) is 28.2. The van der Waals surface area contributed by atoms with E-state index in [1.807, 2.05) is 41.8 Å². The quantitative estimate of drug-likeness (QED) is 0.171. The first-order valence-corrected chi connectivity index (χ1v) is 17.8. The smallest absolute Gasteiger partial charge is 0.160 e. The van der Waals surface area contributed by atoms with Gasteiger partial charge in [0.25, 0.3) is 0 Å². The Morgan fingerprint density at radius 1 is 0.353 bits per heavy atom. The van der Waals surface area contributed by atoms with Gasteiger partial charge in [-0.05, 0) is 53.6 Å². The molecule has 0 aliphatic heterocycles. The van der Waals surface area contributed by atoms with Gasteiger partial charge in [0.2, 0.25) is 0 Å². The summed E-state index contributed by atoms with van der Waals surface area (Å²) < 4.78 is 2.63. The van der Waals surface area contributed by atoms with Crippen LogP contribution in [0.15, 0.2) is 170 Å². The van der Waals surface area contributed by atoms with E-state index in [9.17, 15) is 0 Å². The summed E-state index contributed by atoms with van der Waals surface area (Å²) in [5, 5.41) is 4.76. The molecule has 6 aromatic carbocycles. The highest BCUT2D eigenvalue weighted by Gasteiger charge is 2.14. The van der Waals surface area contributed by atoms with Gasteiger partial charge in [0.1, 0.15) is 0 Å². The van der Waals surface area contributed by atoms with Crippen molar-refractivity contribution in [2.45, 2.75) is 0 Å². The lowest BCUT2D eigenvalue weighted by Crippen LogP contribution is -1.96. The van der Waals surface area contributed by atoms with Crippen LogP contribution in [0.25, 0.3) is 98.3 Å². The van der Waals surface area contributed by atoms with Crippen molar-refractivity contribution in [2.75, 3.05) is 0 Å². The molecule has 0 aliphatic carbocycles. The van der Waals surface area contributed by atoms with Crippen molar-refractivity contribution in [2.24, 2.45) is 0 Å². The number of nitrogens with zero attached hydrogens (tertiary/aromatic N) is 4. The fourth-order valence-corrected chi connectivity index (χ4v) is 8.01. The number of fused-ring (bicyclic) bond motifs is 6. The van der Waals surface area contributed by atoms with Gasteiger partial charge >= 0.3 is 0 Å². The normalized spacial score (nSPS) is 11.5. The van der Waals surface area contributed by atoms with Crippen LogP contribution in [0.3, 0.4) is 0 Å². The Kier molecular flexibility index (Phi) is 6.96. The minimum atomic E-state index is 0.689. The van der Waals surface area contributed by atoms with E-state index in [0.29, 0.717) is 5.82 Å². The van der Waals surface area contributed by atoms with E-state index in [1.54, 1.807) is 0 Å². The van der Waals surface area contributed by atoms with Gasteiger partial charge in [-0.25, -0.2) is 15.0 Å². The molecule has 0 aliphatic rings. The summed E-state index contributed by atoms with van der Waals surface area (Å²) in [4.78, 5) is 19.9. The summed E-state index contributed by atoms with van der Waals surface area (Å²) in [5.74, 6) is 0.689. The average Bonchev–Trinajstić information content (AvgIpc) is 3.59.